The summed E-state index contributed by atoms with van der Waals surface area (Å²) in [5, 5.41) is 2.96. The maximum absolute atomic E-state index is 13.2. The van der Waals surface area contributed by atoms with Crippen LogP contribution in [0.5, 0.6) is 0 Å². The van der Waals surface area contributed by atoms with E-state index in [1.165, 1.54) is 12.3 Å². The summed E-state index contributed by atoms with van der Waals surface area (Å²) in [5.74, 6) is -2.31. The molecule has 1 unspecified atom stereocenters. The third kappa shape index (κ3) is 3.55. The predicted octanol–water partition coefficient (Wildman–Crippen LogP) is 3.81. The molecule has 1 aromatic carbocycles. The number of nitrogens with zero attached hydrogens (tertiary/aromatic N) is 1. The first-order valence-electron chi connectivity index (χ1n) is 6.26. The van der Waals surface area contributed by atoms with Crippen molar-refractivity contribution >= 4 is 17.5 Å². The molecule has 1 amide bonds. The summed E-state index contributed by atoms with van der Waals surface area (Å²) in [6.07, 6.45) is 1.38. The van der Waals surface area contributed by atoms with E-state index in [-0.39, 0.29) is 10.6 Å². The lowest BCUT2D eigenvalue weighted by Gasteiger charge is -2.15. The SMILES string of the molecule is Cc1cc(Cl)c(C(=O)NC(C)c2ccc(F)c(F)c2)cn1. The Morgan fingerprint density at radius 3 is 2.62 bits per heavy atom. The van der Waals surface area contributed by atoms with Gasteiger partial charge in [0, 0.05) is 11.9 Å². The van der Waals surface area contributed by atoms with Crippen LogP contribution in [-0.2, 0) is 0 Å². The first-order chi connectivity index (χ1) is 9.88. The van der Waals surface area contributed by atoms with Crippen LogP contribution in [0.2, 0.25) is 5.02 Å². The number of carbonyl (C=O) groups is 1. The molecule has 0 fully saturated rings. The van der Waals surface area contributed by atoms with Crippen LogP contribution < -0.4 is 5.32 Å². The predicted molar refractivity (Wildman–Crippen MR) is 76.2 cm³/mol. The molecule has 1 aromatic heterocycles. The van der Waals surface area contributed by atoms with Gasteiger partial charge >= 0.3 is 0 Å². The summed E-state index contributed by atoms with van der Waals surface area (Å²) in [6.45, 7) is 3.43. The number of amides is 1. The van der Waals surface area contributed by atoms with E-state index in [2.05, 4.69) is 10.3 Å². The fraction of sp³-hybridized carbons (Fsp3) is 0.200. The molecule has 0 radical (unpaired) electrons. The van der Waals surface area contributed by atoms with Crippen molar-refractivity contribution in [3.8, 4) is 0 Å². The normalized spacial score (nSPS) is 12.0. The molecular formula is C15H13ClF2N2O. The van der Waals surface area contributed by atoms with Gasteiger partial charge in [-0.25, -0.2) is 8.78 Å². The summed E-state index contributed by atoms with van der Waals surface area (Å²) >= 11 is 5.99. The number of halogens is 3. The van der Waals surface area contributed by atoms with E-state index in [1.807, 2.05) is 0 Å². The number of benzene rings is 1. The van der Waals surface area contributed by atoms with Gasteiger partial charge in [0.25, 0.3) is 5.91 Å². The van der Waals surface area contributed by atoms with Crippen LogP contribution in [0.3, 0.4) is 0 Å². The van der Waals surface area contributed by atoms with Gasteiger partial charge in [-0.2, -0.15) is 0 Å². The average molecular weight is 311 g/mol. The second-order valence-corrected chi connectivity index (χ2v) is 5.08. The van der Waals surface area contributed by atoms with Crippen LogP contribution in [-0.4, -0.2) is 10.9 Å². The Bertz CT molecular complexity index is 691. The Morgan fingerprint density at radius 2 is 2.00 bits per heavy atom. The molecule has 2 rings (SSSR count). The van der Waals surface area contributed by atoms with Crippen molar-refractivity contribution < 1.29 is 13.6 Å². The van der Waals surface area contributed by atoms with Gasteiger partial charge in [0.05, 0.1) is 16.6 Å². The van der Waals surface area contributed by atoms with E-state index in [4.69, 9.17) is 11.6 Å². The highest BCUT2D eigenvalue weighted by atomic mass is 35.5. The number of aromatic nitrogens is 1. The molecule has 1 heterocycles. The molecule has 2 aromatic rings. The molecule has 1 atom stereocenters. The van der Waals surface area contributed by atoms with Gasteiger partial charge in [-0.05, 0) is 37.6 Å². The lowest BCUT2D eigenvalue weighted by molar-refractivity contribution is 0.0939. The van der Waals surface area contributed by atoms with Gasteiger partial charge in [0.15, 0.2) is 11.6 Å². The van der Waals surface area contributed by atoms with Crippen LogP contribution >= 0.6 is 11.6 Å². The minimum Gasteiger partial charge on any atom is -0.345 e. The van der Waals surface area contributed by atoms with Crippen molar-refractivity contribution in [3.05, 3.63) is 63.9 Å². The number of pyridine rings is 1. The van der Waals surface area contributed by atoms with Crippen molar-refractivity contribution in [2.75, 3.05) is 0 Å². The molecular weight excluding hydrogens is 298 g/mol. The van der Waals surface area contributed by atoms with Crippen LogP contribution in [0.25, 0.3) is 0 Å². The Balaban J connectivity index is 2.16. The summed E-state index contributed by atoms with van der Waals surface area (Å²) in [6, 6.07) is 4.57. The van der Waals surface area contributed by atoms with Gasteiger partial charge in [-0.1, -0.05) is 17.7 Å². The van der Waals surface area contributed by atoms with Crippen molar-refractivity contribution in [2.24, 2.45) is 0 Å². The molecule has 110 valence electrons. The van der Waals surface area contributed by atoms with E-state index in [9.17, 15) is 13.6 Å². The second kappa shape index (κ2) is 6.18. The van der Waals surface area contributed by atoms with E-state index >= 15 is 0 Å². The molecule has 0 aliphatic heterocycles. The third-order valence-electron chi connectivity index (χ3n) is 3.03. The number of hydrogen-bond donors (Lipinski definition) is 1. The Hall–Kier alpha value is -2.01. The van der Waals surface area contributed by atoms with Crippen LogP contribution in [0.15, 0.2) is 30.5 Å². The molecule has 0 bridgehead atoms. The lowest BCUT2D eigenvalue weighted by Crippen LogP contribution is -2.27. The van der Waals surface area contributed by atoms with Crippen LogP contribution in [0.1, 0.15) is 34.6 Å². The molecule has 1 N–H and O–H groups in total. The topological polar surface area (TPSA) is 42.0 Å². The highest BCUT2D eigenvalue weighted by Gasteiger charge is 2.16. The zero-order valence-electron chi connectivity index (χ0n) is 11.5. The number of carbonyl (C=O) groups excluding carboxylic acids is 1. The molecule has 6 heteroatoms. The van der Waals surface area contributed by atoms with Crippen molar-refractivity contribution in [2.45, 2.75) is 19.9 Å². The second-order valence-electron chi connectivity index (χ2n) is 4.67. The fourth-order valence-corrected chi connectivity index (χ4v) is 2.13. The maximum atomic E-state index is 13.2. The van der Waals surface area contributed by atoms with Crippen molar-refractivity contribution in [3.63, 3.8) is 0 Å². The summed E-state index contributed by atoms with van der Waals surface area (Å²) in [7, 11) is 0. The van der Waals surface area contributed by atoms with E-state index in [0.29, 0.717) is 11.3 Å². The standard InChI is InChI=1S/C15H13ClF2N2O/c1-8-5-12(16)11(7-19-8)15(21)20-9(2)10-3-4-13(17)14(18)6-10/h3-7,9H,1-2H3,(H,20,21). The number of rotatable bonds is 3. The maximum Gasteiger partial charge on any atom is 0.254 e. The van der Waals surface area contributed by atoms with Gasteiger partial charge in [-0.15, -0.1) is 0 Å². The quantitative estimate of drug-likeness (QED) is 0.936. The average Bonchev–Trinajstić information content (AvgIpc) is 2.41. The molecule has 21 heavy (non-hydrogen) atoms. The first kappa shape index (κ1) is 15.4. The highest BCUT2D eigenvalue weighted by Crippen LogP contribution is 2.19. The third-order valence-corrected chi connectivity index (χ3v) is 3.34. The zero-order chi connectivity index (χ0) is 15.6. The number of hydrogen-bond acceptors (Lipinski definition) is 2. The Kier molecular flexibility index (Phi) is 4.53. The summed E-state index contributed by atoms with van der Waals surface area (Å²) in [5.41, 5.74) is 1.39. The summed E-state index contributed by atoms with van der Waals surface area (Å²) < 4.78 is 26.1. The molecule has 0 spiro atoms. The van der Waals surface area contributed by atoms with Crippen molar-refractivity contribution in [1.29, 1.82) is 0 Å². The minimum atomic E-state index is -0.955. The number of nitrogens with one attached hydrogen (secondary N) is 1. The first-order valence-corrected chi connectivity index (χ1v) is 6.64. The van der Waals surface area contributed by atoms with Crippen molar-refractivity contribution in [1.82, 2.24) is 10.3 Å². The monoisotopic (exact) mass is 310 g/mol. The smallest absolute Gasteiger partial charge is 0.254 e. The molecule has 0 saturated heterocycles. The molecule has 0 aliphatic carbocycles. The molecule has 3 nitrogen and oxygen atoms in total. The molecule has 0 aliphatic rings. The number of aryl methyl sites for hydroxylation is 1. The zero-order valence-corrected chi connectivity index (χ0v) is 12.2. The van der Waals surface area contributed by atoms with Gasteiger partial charge in [-0.3, -0.25) is 9.78 Å². The van der Waals surface area contributed by atoms with E-state index in [1.54, 1.807) is 19.9 Å². The highest BCUT2D eigenvalue weighted by molar-refractivity contribution is 6.33. The lowest BCUT2D eigenvalue weighted by atomic mass is 10.1. The largest absolute Gasteiger partial charge is 0.345 e. The van der Waals surface area contributed by atoms with Gasteiger partial charge in [0.2, 0.25) is 0 Å². The van der Waals surface area contributed by atoms with E-state index in [0.717, 1.165) is 12.1 Å². The van der Waals surface area contributed by atoms with E-state index < -0.39 is 23.6 Å². The van der Waals surface area contributed by atoms with Crippen LogP contribution in [0, 0.1) is 18.6 Å². The molecule has 0 saturated carbocycles. The Labute approximate surface area is 126 Å². The summed E-state index contributed by atoms with van der Waals surface area (Å²) in [4.78, 5) is 16.1. The Morgan fingerprint density at radius 1 is 1.29 bits per heavy atom. The van der Waals surface area contributed by atoms with Gasteiger partial charge in [0.1, 0.15) is 0 Å². The van der Waals surface area contributed by atoms with Crippen LogP contribution in [0.4, 0.5) is 8.78 Å². The fourth-order valence-electron chi connectivity index (χ4n) is 1.83. The minimum absolute atomic E-state index is 0.233. The van der Waals surface area contributed by atoms with Gasteiger partial charge < -0.3 is 5.32 Å².